The Kier molecular flexibility index (Phi) is 3.50. The number of carbonyl (C=O) groups is 2. The summed E-state index contributed by atoms with van der Waals surface area (Å²) < 4.78 is 1.88. The first-order valence-electron chi connectivity index (χ1n) is 5.87. The molecule has 1 aromatic carbocycles. The molecule has 1 amide bonds. The summed E-state index contributed by atoms with van der Waals surface area (Å²) in [5.41, 5.74) is 2.48. The molecule has 0 aliphatic carbocycles. The van der Waals surface area contributed by atoms with E-state index in [1.165, 1.54) is 6.92 Å². The fourth-order valence-corrected chi connectivity index (χ4v) is 2.04. The van der Waals surface area contributed by atoms with Crippen molar-refractivity contribution in [1.82, 2.24) is 14.9 Å². The molecule has 0 radical (unpaired) electrons. The summed E-state index contributed by atoms with van der Waals surface area (Å²) in [4.78, 5) is 26.2. The Morgan fingerprint density at radius 3 is 2.84 bits per heavy atom. The van der Waals surface area contributed by atoms with Crippen LogP contribution in [0.1, 0.15) is 24.9 Å². The van der Waals surface area contributed by atoms with E-state index < -0.39 is 12.0 Å². The van der Waals surface area contributed by atoms with E-state index in [1.807, 2.05) is 23.7 Å². The van der Waals surface area contributed by atoms with E-state index in [4.69, 9.17) is 5.11 Å². The van der Waals surface area contributed by atoms with Crippen molar-refractivity contribution in [1.29, 1.82) is 0 Å². The Bertz CT molecular complexity index is 617. The molecule has 1 heterocycles. The van der Waals surface area contributed by atoms with Crippen LogP contribution in [0.5, 0.6) is 0 Å². The number of imidazole rings is 1. The fraction of sp³-hybridized carbons (Fsp3) is 0.308. The van der Waals surface area contributed by atoms with Gasteiger partial charge in [0.05, 0.1) is 29.8 Å². The zero-order valence-corrected chi connectivity index (χ0v) is 10.8. The number of carboxylic acid groups (broad SMARTS) is 1. The lowest BCUT2D eigenvalue weighted by molar-refractivity contribution is -0.137. The van der Waals surface area contributed by atoms with Crippen molar-refractivity contribution in [3.05, 3.63) is 30.1 Å². The van der Waals surface area contributed by atoms with E-state index in [0.29, 0.717) is 0 Å². The van der Waals surface area contributed by atoms with Crippen LogP contribution in [-0.4, -0.2) is 26.5 Å². The van der Waals surface area contributed by atoms with Crippen LogP contribution in [0.4, 0.5) is 0 Å². The highest BCUT2D eigenvalue weighted by molar-refractivity contribution is 5.78. The Hall–Kier alpha value is -2.37. The van der Waals surface area contributed by atoms with Gasteiger partial charge in [-0.3, -0.25) is 9.59 Å². The number of rotatable bonds is 4. The summed E-state index contributed by atoms with van der Waals surface area (Å²) in [6.45, 7) is 1.37. The van der Waals surface area contributed by atoms with Gasteiger partial charge in [0.2, 0.25) is 5.91 Å². The molecule has 0 saturated carbocycles. The normalized spacial score (nSPS) is 12.3. The highest BCUT2D eigenvalue weighted by atomic mass is 16.4. The van der Waals surface area contributed by atoms with Crippen molar-refractivity contribution in [3.8, 4) is 0 Å². The highest BCUT2D eigenvalue weighted by Gasteiger charge is 2.17. The maximum Gasteiger partial charge on any atom is 0.305 e. The molecule has 2 rings (SSSR count). The second-order valence-corrected chi connectivity index (χ2v) is 4.45. The summed E-state index contributed by atoms with van der Waals surface area (Å²) in [7, 11) is 1.89. The Morgan fingerprint density at radius 2 is 2.21 bits per heavy atom. The number of aliphatic carboxylic acids is 1. The fourth-order valence-electron chi connectivity index (χ4n) is 2.04. The largest absolute Gasteiger partial charge is 0.481 e. The second-order valence-electron chi connectivity index (χ2n) is 4.45. The number of nitrogens with one attached hydrogen (secondary N) is 1. The van der Waals surface area contributed by atoms with E-state index >= 15 is 0 Å². The predicted octanol–water partition coefficient (Wildman–Crippen LogP) is 1.23. The average Bonchev–Trinajstić information content (AvgIpc) is 2.69. The standard InChI is InChI=1S/C13H15N3O3/c1-8(17)15-10(6-13(18)19)9-3-4-12-11(5-9)14-7-16(12)2/h3-5,7,10H,6H2,1-2H3,(H,15,17)(H,18,19). The first-order valence-corrected chi connectivity index (χ1v) is 5.87. The van der Waals surface area contributed by atoms with E-state index in [2.05, 4.69) is 10.3 Å². The predicted molar refractivity (Wildman–Crippen MR) is 69.5 cm³/mol. The number of hydrogen-bond donors (Lipinski definition) is 2. The van der Waals surface area contributed by atoms with Gasteiger partial charge in [-0.25, -0.2) is 4.98 Å². The van der Waals surface area contributed by atoms with E-state index in [1.54, 1.807) is 12.4 Å². The van der Waals surface area contributed by atoms with Gasteiger partial charge in [0.1, 0.15) is 0 Å². The Morgan fingerprint density at radius 1 is 1.47 bits per heavy atom. The molecule has 0 spiro atoms. The molecule has 1 aromatic heterocycles. The molecule has 0 aliphatic heterocycles. The van der Waals surface area contributed by atoms with Crippen molar-refractivity contribution < 1.29 is 14.7 Å². The third kappa shape index (κ3) is 2.90. The lowest BCUT2D eigenvalue weighted by Gasteiger charge is -2.16. The minimum atomic E-state index is -0.958. The quantitative estimate of drug-likeness (QED) is 0.866. The lowest BCUT2D eigenvalue weighted by Crippen LogP contribution is -2.27. The third-order valence-corrected chi connectivity index (χ3v) is 2.91. The number of amides is 1. The van der Waals surface area contributed by atoms with Gasteiger partial charge in [0, 0.05) is 14.0 Å². The van der Waals surface area contributed by atoms with Crippen LogP contribution in [0.15, 0.2) is 24.5 Å². The molecule has 0 aliphatic rings. The molecule has 1 unspecified atom stereocenters. The summed E-state index contributed by atoms with van der Waals surface area (Å²) >= 11 is 0. The van der Waals surface area contributed by atoms with Gasteiger partial charge in [-0.05, 0) is 17.7 Å². The summed E-state index contributed by atoms with van der Waals surface area (Å²) in [5, 5.41) is 11.5. The number of benzene rings is 1. The molecule has 6 heteroatoms. The van der Waals surface area contributed by atoms with Gasteiger partial charge in [-0.15, -0.1) is 0 Å². The van der Waals surface area contributed by atoms with Crippen LogP contribution in [0, 0.1) is 0 Å². The molecule has 1 atom stereocenters. The van der Waals surface area contributed by atoms with Gasteiger partial charge in [0.15, 0.2) is 0 Å². The molecule has 0 saturated heterocycles. The zero-order valence-electron chi connectivity index (χ0n) is 10.8. The number of carbonyl (C=O) groups excluding carboxylic acids is 1. The monoisotopic (exact) mass is 261 g/mol. The van der Waals surface area contributed by atoms with Crippen LogP contribution >= 0.6 is 0 Å². The summed E-state index contributed by atoms with van der Waals surface area (Å²) in [6.07, 6.45) is 1.54. The first kappa shape index (κ1) is 13.1. The maximum absolute atomic E-state index is 11.2. The van der Waals surface area contributed by atoms with Gasteiger partial charge >= 0.3 is 5.97 Å². The van der Waals surface area contributed by atoms with Crippen molar-refractivity contribution in [2.24, 2.45) is 7.05 Å². The number of nitrogens with zero attached hydrogens (tertiary/aromatic N) is 2. The van der Waals surface area contributed by atoms with Gasteiger partial charge in [-0.2, -0.15) is 0 Å². The molecule has 2 N–H and O–H groups in total. The average molecular weight is 261 g/mol. The van der Waals surface area contributed by atoms with Crippen LogP contribution in [-0.2, 0) is 16.6 Å². The van der Waals surface area contributed by atoms with Gasteiger partial charge in [0.25, 0.3) is 0 Å². The molecule has 19 heavy (non-hydrogen) atoms. The van der Waals surface area contributed by atoms with E-state index in [9.17, 15) is 9.59 Å². The van der Waals surface area contributed by atoms with Crippen molar-refractivity contribution in [2.75, 3.05) is 0 Å². The minimum Gasteiger partial charge on any atom is -0.481 e. The molecule has 2 aromatic rings. The molecular formula is C13H15N3O3. The van der Waals surface area contributed by atoms with Crippen LogP contribution in [0.25, 0.3) is 11.0 Å². The highest BCUT2D eigenvalue weighted by Crippen LogP contribution is 2.21. The molecule has 0 bridgehead atoms. The third-order valence-electron chi connectivity index (χ3n) is 2.91. The molecule has 6 nitrogen and oxygen atoms in total. The first-order chi connectivity index (χ1) is 8.97. The SMILES string of the molecule is CC(=O)NC(CC(=O)O)c1ccc2c(c1)ncn2C. The van der Waals surface area contributed by atoms with Crippen LogP contribution in [0.2, 0.25) is 0 Å². The summed E-state index contributed by atoms with van der Waals surface area (Å²) in [5.74, 6) is -1.22. The number of aromatic nitrogens is 2. The minimum absolute atomic E-state index is 0.155. The second kappa shape index (κ2) is 5.09. The van der Waals surface area contributed by atoms with Crippen LogP contribution < -0.4 is 5.32 Å². The number of fused-ring (bicyclic) bond motifs is 1. The van der Waals surface area contributed by atoms with Crippen LogP contribution in [0.3, 0.4) is 0 Å². The van der Waals surface area contributed by atoms with Crippen molar-refractivity contribution >= 4 is 22.9 Å². The van der Waals surface area contributed by atoms with Crippen molar-refractivity contribution in [2.45, 2.75) is 19.4 Å². The van der Waals surface area contributed by atoms with Gasteiger partial charge in [-0.1, -0.05) is 6.07 Å². The van der Waals surface area contributed by atoms with Crippen molar-refractivity contribution in [3.63, 3.8) is 0 Å². The van der Waals surface area contributed by atoms with E-state index in [0.717, 1.165) is 16.6 Å². The zero-order chi connectivity index (χ0) is 14.0. The maximum atomic E-state index is 11.2. The lowest BCUT2D eigenvalue weighted by atomic mass is 10.0. The molecule has 0 fully saturated rings. The Balaban J connectivity index is 2.37. The smallest absolute Gasteiger partial charge is 0.305 e. The number of aryl methyl sites for hydroxylation is 1. The van der Waals surface area contributed by atoms with E-state index in [-0.39, 0.29) is 12.3 Å². The molecular weight excluding hydrogens is 246 g/mol. The number of hydrogen-bond acceptors (Lipinski definition) is 3. The summed E-state index contributed by atoms with van der Waals surface area (Å²) in [6, 6.07) is 4.95. The van der Waals surface area contributed by atoms with Gasteiger partial charge < -0.3 is 15.0 Å². The number of carboxylic acids is 1. The Labute approximate surface area is 110 Å². The topological polar surface area (TPSA) is 84.2 Å². The molecule has 100 valence electrons.